The molecule has 1 aliphatic rings. The van der Waals surface area contributed by atoms with Crippen LogP contribution in [0.1, 0.15) is 29.9 Å². The van der Waals surface area contributed by atoms with Crippen molar-refractivity contribution in [1.82, 2.24) is 10.6 Å². The third-order valence-corrected chi connectivity index (χ3v) is 6.34. The molecule has 1 atom stereocenters. The molecule has 0 bridgehead atoms. The Balaban J connectivity index is 1.37. The normalized spacial score (nSPS) is 12.8. The molecule has 2 aromatic rings. The number of amides is 2. The number of carboxylic acid groups (broad SMARTS) is 1. The van der Waals surface area contributed by atoms with E-state index in [9.17, 15) is 14.4 Å². The van der Waals surface area contributed by atoms with E-state index in [-0.39, 0.29) is 24.2 Å². The van der Waals surface area contributed by atoms with Crippen LogP contribution in [-0.2, 0) is 14.3 Å². The van der Waals surface area contributed by atoms with Crippen molar-refractivity contribution in [2.45, 2.75) is 24.8 Å². The van der Waals surface area contributed by atoms with Gasteiger partial charge in [-0.25, -0.2) is 9.59 Å². The molecule has 7 nitrogen and oxygen atoms in total. The number of aliphatic carboxylic acids is 1. The Kier molecular flexibility index (Phi) is 8.95. The molecule has 2 amide bonds. The molecule has 3 N–H and O–H groups in total. The maximum absolute atomic E-state index is 12.1. The average Bonchev–Trinajstić information content (AvgIpc) is 3.13. The second kappa shape index (κ2) is 12.1. The molecule has 0 spiro atoms. The summed E-state index contributed by atoms with van der Waals surface area (Å²) in [5.74, 6) is -0.791. The maximum atomic E-state index is 12.1. The minimum absolute atomic E-state index is 0.00416. The number of hydrogen-bond acceptors (Lipinski definition) is 5. The smallest absolute Gasteiger partial charge is 0.407 e. The highest BCUT2D eigenvalue weighted by atomic mass is 32.2. The summed E-state index contributed by atoms with van der Waals surface area (Å²) in [5.41, 5.74) is 4.65. The zero-order valence-corrected chi connectivity index (χ0v) is 19.1. The Morgan fingerprint density at radius 3 is 2.33 bits per heavy atom. The Morgan fingerprint density at radius 1 is 1.09 bits per heavy atom. The van der Waals surface area contributed by atoms with E-state index < -0.39 is 18.1 Å². The molecule has 0 heterocycles. The average molecular weight is 469 g/mol. The quantitative estimate of drug-likeness (QED) is 0.323. The van der Waals surface area contributed by atoms with Gasteiger partial charge in [-0.2, -0.15) is 11.8 Å². The predicted molar refractivity (Wildman–Crippen MR) is 129 cm³/mol. The number of alkyl carbamates (subject to hydrolysis) is 1. The predicted octanol–water partition coefficient (Wildman–Crippen LogP) is 3.79. The van der Waals surface area contributed by atoms with Crippen LogP contribution in [0.4, 0.5) is 4.79 Å². The van der Waals surface area contributed by atoms with Crippen molar-refractivity contribution in [3.63, 3.8) is 0 Å². The first-order valence-corrected chi connectivity index (χ1v) is 12.0. The van der Waals surface area contributed by atoms with Crippen LogP contribution in [0.5, 0.6) is 0 Å². The van der Waals surface area contributed by atoms with Gasteiger partial charge in [-0.3, -0.25) is 4.79 Å². The Labute approximate surface area is 197 Å². The molecule has 1 unspecified atom stereocenters. The number of carbonyl (C=O) groups is 3. The Morgan fingerprint density at radius 2 is 1.73 bits per heavy atom. The van der Waals surface area contributed by atoms with Crippen molar-refractivity contribution in [3.05, 3.63) is 72.3 Å². The third kappa shape index (κ3) is 6.61. The molecule has 0 saturated heterocycles. The number of nitrogens with one attached hydrogen (secondary N) is 2. The van der Waals surface area contributed by atoms with Gasteiger partial charge in [0.15, 0.2) is 0 Å². The van der Waals surface area contributed by atoms with Gasteiger partial charge in [0.1, 0.15) is 12.6 Å². The lowest BCUT2D eigenvalue weighted by molar-refractivity contribution is -0.141. The molecular weight excluding hydrogens is 440 g/mol. The summed E-state index contributed by atoms with van der Waals surface area (Å²) >= 11 is 1.31. The second-order valence-corrected chi connectivity index (χ2v) is 8.73. The standard InChI is InChI=1S/C25H28N2O5S/c1-2-3-12-22(24(29)30)27-23(28)16-33-14-13-26-25(31)32-15-21-19-10-6-4-8-17(19)18-9-5-7-11-20(18)21/h2,4-11,21-22H,1,3,12-16H2,(H,26,31)(H,27,28)(H,29,30). The van der Waals surface area contributed by atoms with Gasteiger partial charge in [0, 0.05) is 18.2 Å². The Hall–Kier alpha value is -3.26. The number of thioether (sulfide) groups is 1. The zero-order valence-electron chi connectivity index (χ0n) is 18.3. The summed E-state index contributed by atoms with van der Waals surface area (Å²) in [6.45, 7) is 4.14. The summed E-state index contributed by atoms with van der Waals surface area (Å²) in [7, 11) is 0. The molecule has 0 saturated carbocycles. The van der Waals surface area contributed by atoms with Crippen LogP contribution in [0.15, 0.2) is 61.2 Å². The SMILES string of the molecule is C=CCCC(NC(=O)CSCCNC(=O)OCC1c2ccccc2-c2ccccc21)C(=O)O. The van der Waals surface area contributed by atoms with Gasteiger partial charge in [-0.05, 0) is 35.1 Å². The summed E-state index contributed by atoms with van der Waals surface area (Å²) in [5, 5.41) is 14.3. The second-order valence-electron chi connectivity index (χ2n) is 7.63. The largest absolute Gasteiger partial charge is 0.480 e. The van der Waals surface area contributed by atoms with E-state index in [1.54, 1.807) is 6.08 Å². The fraction of sp³-hybridized carbons (Fsp3) is 0.320. The molecule has 33 heavy (non-hydrogen) atoms. The van der Waals surface area contributed by atoms with Crippen LogP contribution in [-0.4, -0.2) is 53.8 Å². The van der Waals surface area contributed by atoms with Crippen LogP contribution >= 0.6 is 11.8 Å². The van der Waals surface area contributed by atoms with E-state index in [1.165, 1.54) is 22.9 Å². The molecule has 0 radical (unpaired) electrons. The number of carboxylic acids is 1. The maximum Gasteiger partial charge on any atom is 0.407 e. The van der Waals surface area contributed by atoms with Crippen LogP contribution in [0.2, 0.25) is 0 Å². The van der Waals surface area contributed by atoms with E-state index in [0.717, 1.165) is 11.1 Å². The fourth-order valence-electron chi connectivity index (χ4n) is 3.82. The number of carbonyl (C=O) groups excluding carboxylic acids is 2. The lowest BCUT2D eigenvalue weighted by Gasteiger charge is -2.15. The molecular formula is C25H28N2O5S. The number of ether oxygens (including phenoxy) is 1. The zero-order chi connectivity index (χ0) is 23.6. The van der Waals surface area contributed by atoms with Gasteiger partial charge < -0.3 is 20.5 Å². The summed E-state index contributed by atoms with van der Waals surface area (Å²) in [6, 6.07) is 15.4. The highest BCUT2D eigenvalue weighted by Crippen LogP contribution is 2.44. The van der Waals surface area contributed by atoms with Gasteiger partial charge in [0.2, 0.25) is 5.91 Å². The fourth-order valence-corrected chi connectivity index (χ4v) is 4.48. The van der Waals surface area contributed by atoms with Crippen molar-refractivity contribution in [1.29, 1.82) is 0 Å². The molecule has 1 aliphatic carbocycles. The molecule has 0 aromatic heterocycles. The molecule has 0 aliphatic heterocycles. The van der Waals surface area contributed by atoms with E-state index in [4.69, 9.17) is 9.84 Å². The highest BCUT2D eigenvalue weighted by Gasteiger charge is 2.29. The van der Waals surface area contributed by atoms with Gasteiger partial charge in [0.25, 0.3) is 0 Å². The topological polar surface area (TPSA) is 105 Å². The van der Waals surface area contributed by atoms with E-state index in [2.05, 4.69) is 41.5 Å². The molecule has 174 valence electrons. The summed E-state index contributed by atoms with van der Waals surface area (Å²) in [4.78, 5) is 35.3. The van der Waals surface area contributed by atoms with Crippen LogP contribution < -0.4 is 10.6 Å². The number of rotatable bonds is 12. The first-order valence-electron chi connectivity index (χ1n) is 10.8. The third-order valence-electron chi connectivity index (χ3n) is 5.39. The lowest BCUT2D eigenvalue weighted by atomic mass is 9.98. The first-order chi connectivity index (χ1) is 16.0. The van der Waals surface area contributed by atoms with Crippen molar-refractivity contribution < 1.29 is 24.2 Å². The number of benzene rings is 2. The summed E-state index contributed by atoms with van der Waals surface area (Å²) in [6.07, 6.45) is 1.93. The van der Waals surface area contributed by atoms with Gasteiger partial charge >= 0.3 is 12.1 Å². The number of fused-ring (bicyclic) bond motifs is 3. The number of hydrogen-bond donors (Lipinski definition) is 3. The van der Waals surface area contributed by atoms with Gasteiger partial charge in [0.05, 0.1) is 5.75 Å². The van der Waals surface area contributed by atoms with Crippen molar-refractivity contribution >= 4 is 29.7 Å². The molecule has 0 fully saturated rings. The highest BCUT2D eigenvalue weighted by molar-refractivity contribution is 7.99. The van der Waals surface area contributed by atoms with Crippen molar-refractivity contribution in [3.8, 4) is 11.1 Å². The molecule has 3 rings (SSSR count). The van der Waals surface area contributed by atoms with Crippen molar-refractivity contribution in [2.75, 3.05) is 24.7 Å². The molecule has 8 heteroatoms. The van der Waals surface area contributed by atoms with Crippen molar-refractivity contribution in [2.24, 2.45) is 0 Å². The van der Waals surface area contributed by atoms with E-state index in [1.807, 2.05) is 24.3 Å². The van der Waals surface area contributed by atoms with Gasteiger partial charge in [-0.15, -0.1) is 6.58 Å². The Bertz CT molecular complexity index is 964. The minimum atomic E-state index is -1.06. The first kappa shape index (κ1) is 24.4. The molecule has 2 aromatic carbocycles. The number of allylic oxidation sites excluding steroid dienone is 1. The van der Waals surface area contributed by atoms with E-state index in [0.29, 0.717) is 25.1 Å². The van der Waals surface area contributed by atoms with Crippen LogP contribution in [0.3, 0.4) is 0 Å². The monoisotopic (exact) mass is 468 g/mol. The minimum Gasteiger partial charge on any atom is -0.480 e. The van der Waals surface area contributed by atoms with Crippen LogP contribution in [0.25, 0.3) is 11.1 Å². The lowest BCUT2D eigenvalue weighted by Crippen LogP contribution is -2.41. The van der Waals surface area contributed by atoms with Gasteiger partial charge in [-0.1, -0.05) is 54.6 Å². The van der Waals surface area contributed by atoms with Crippen LogP contribution in [0, 0.1) is 0 Å². The van der Waals surface area contributed by atoms with E-state index >= 15 is 0 Å². The summed E-state index contributed by atoms with van der Waals surface area (Å²) < 4.78 is 5.47.